The van der Waals surface area contributed by atoms with Gasteiger partial charge in [-0.1, -0.05) is 0 Å². The van der Waals surface area contributed by atoms with E-state index in [2.05, 4.69) is 9.84 Å². The number of aromatic nitrogens is 2. The monoisotopic (exact) mass is 226 g/mol. The van der Waals surface area contributed by atoms with E-state index in [1.54, 1.807) is 24.0 Å². The van der Waals surface area contributed by atoms with E-state index >= 15 is 0 Å². The van der Waals surface area contributed by atoms with E-state index in [4.69, 9.17) is 5.11 Å². The molecule has 0 radical (unpaired) electrons. The molecular weight excluding hydrogens is 212 g/mol. The molecule has 1 atom stereocenters. The number of hydrogen-bond acceptors (Lipinski definition) is 4. The molecule has 0 spiro atoms. The van der Waals surface area contributed by atoms with Gasteiger partial charge in [-0.05, 0) is 18.9 Å². The van der Waals surface area contributed by atoms with E-state index in [1.807, 2.05) is 0 Å². The van der Waals surface area contributed by atoms with Crippen molar-refractivity contribution < 1.29 is 19.4 Å². The third-order valence-corrected chi connectivity index (χ3v) is 2.40. The molecule has 88 valence electrons. The summed E-state index contributed by atoms with van der Waals surface area (Å²) in [6.07, 6.45) is 2.31. The van der Waals surface area contributed by atoms with E-state index in [0.29, 0.717) is 6.42 Å². The average Bonchev–Trinajstić information content (AvgIpc) is 2.64. The Bertz CT molecular complexity index is 386. The van der Waals surface area contributed by atoms with Gasteiger partial charge in [0.15, 0.2) is 5.92 Å². The predicted octanol–water partition coefficient (Wildman–Crippen LogP) is 0.226. The molecule has 1 aromatic heterocycles. The van der Waals surface area contributed by atoms with Gasteiger partial charge in [0.1, 0.15) is 0 Å². The third-order valence-electron chi connectivity index (χ3n) is 2.40. The minimum atomic E-state index is -1.16. The summed E-state index contributed by atoms with van der Waals surface area (Å²) in [6, 6.07) is 1.79. The van der Waals surface area contributed by atoms with Crippen LogP contribution in [0.4, 0.5) is 0 Å². The Morgan fingerprint density at radius 1 is 1.62 bits per heavy atom. The summed E-state index contributed by atoms with van der Waals surface area (Å²) in [4.78, 5) is 22.0. The number of nitrogens with zero attached hydrogens (tertiary/aromatic N) is 2. The molecule has 1 unspecified atom stereocenters. The van der Waals surface area contributed by atoms with Crippen LogP contribution < -0.4 is 0 Å². The number of rotatable bonds is 5. The van der Waals surface area contributed by atoms with E-state index in [0.717, 1.165) is 5.69 Å². The maximum atomic E-state index is 11.2. The van der Waals surface area contributed by atoms with Crippen molar-refractivity contribution in [2.24, 2.45) is 13.0 Å². The lowest BCUT2D eigenvalue weighted by Crippen LogP contribution is -2.25. The summed E-state index contributed by atoms with van der Waals surface area (Å²) in [6.45, 7) is 0. The standard InChI is InChI=1S/C10H14N2O4/c1-12-7(5-6-11-12)3-4-8(9(13)14)10(15)16-2/h5-6,8H,3-4H2,1-2H3,(H,13,14). The van der Waals surface area contributed by atoms with Gasteiger partial charge in [0.2, 0.25) is 0 Å². The van der Waals surface area contributed by atoms with Gasteiger partial charge in [0.05, 0.1) is 7.11 Å². The van der Waals surface area contributed by atoms with Crippen molar-refractivity contribution in [1.82, 2.24) is 9.78 Å². The zero-order chi connectivity index (χ0) is 12.1. The summed E-state index contributed by atoms with van der Waals surface area (Å²) in [5.41, 5.74) is 0.884. The normalized spacial score (nSPS) is 12.1. The van der Waals surface area contributed by atoms with E-state index in [9.17, 15) is 9.59 Å². The number of aryl methyl sites for hydroxylation is 2. The summed E-state index contributed by atoms with van der Waals surface area (Å²) < 4.78 is 6.08. The van der Waals surface area contributed by atoms with Crippen LogP contribution in [-0.4, -0.2) is 33.9 Å². The highest BCUT2D eigenvalue weighted by molar-refractivity contribution is 5.93. The highest BCUT2D eigenvalue weighted by Gasteiger charge is 2.26. The van der Waals surface area contributed by atoms with Crippen molar-refractivity contribution in [1.29, 1.82) is 0 Å². The van der Waals surface area contributed by atoms with Crippen molar-refractivity contribution in [3.05, 3.63) is 18.0 Å². The molecule has 0 aromatic carbocycles. The maximum absolute atomic E-state index is 11.2. The molecule has 1 rings (SSSR count). The molecule has 6 nitrogen and oxygen atoms in total. The second-order valence-corrected chi connectivity index (χ2v) is 3.40. The molecule has 0 aliphatic carbocycles. The zero-order valence-corrected chi connectivity index (χ0v) is 9.21. The zero-order valence-electron chi connectivity index (χ0n) is 9.21. The molecule has 1 aromatic rings. The predicted molar refractivity (Wildman–Crippen MR) is 54.7 cm³/mol. The fourth-order valence-corrected chi connectivity index (χ4v) is 1.42. The molecule has 0 aliphatic rings. The number of carboxylic acid groups (broad SMARTS) is 1. The quantitative estimate of drug-likeness (QED) is 0.574. The van der Waals surface area contributed by atoms with Crippen molar-refractivity contribution in [2.75, 3.05) is 7.11 Å². The Hall–Kier alpha value is -1.85. The van der Waals surface area contributed by atoms with Crippen molar-refractivity contribution in [2.45, 2.75) is 12.8 Å². The summed E-state index contributed by atoms with van der Waals surface area (Å²) in [5.74, 6) is -2.98. The molecule has 1 N–H and O–H groups in total. The molecule has 0 bridgehead atoms. The molecule has 16 heavy (non-hydrogen) atoms. The number of aliphatic carboxylic acids is 1. The fraction of sp³-hybridized carbons (Fsp3) is 0.500. The van der Waals surface area contributed by atoms with Gasteiger partial charge < -0.3 is 9.84 Å². The van der Waals surface area contributed by atoms with Crippen LogP contribution in [0, 0.1) is 5.92 Å². The van der Waals surface area contributed by atoms with E-state index in [-0.39, 0.29) is 6.42 Å². The van der Waals surface area contributed by atoms with Gasteiger partial charge in [-0.25, -0.2) is 0 Å². The number of hydrogen-bond donors (Lipinski definition) is 1. The summed E-state index contributed by atoms with van der Waals surface area (Å²) >= 11 is 0. The minimum Gasteiger partial charge on any atom is -0.481 e. The van der Waals surface area contributed by atoms with Gasteiger partial charge in [-0.3, -0.25) is 14.3 Å². The first kappa shape index (κ1) is 12.2. The van der Waals surface area contributed by atoms with Crippen LogP contribution in [0.3, 0.4) is 0 Å². The molecule has 0 aliphatic heterocycles. The SMILES string of the molecule is COC(=O)C(CCc1ccnn1C)C(=O)O. The maximum Gasteiger partial charge on any atom is 0.320 e. The van der Waals surface area contributed by atoms with Crippen LogP contribution in [-0.2, 0) is 27.8 Å². The second kappa shape index (κ2) is 5.29. The van der Waals surface area contributed by atoms with Gasteiger partial charge in [-0.15, -0.1) is 0 Å². The molecule has 0 saturated heterocycles. The van der Waals surface area contributed by atoms with Gasteiger partial charge >= 0.3 is 11.9 Å². The van der Waals surface area contributed by atoms with Gasteiger partial charge in [-0.2, -0.15) is 5.10 Å². The topological polar surface area (TPSA) is 81.4 Å². The average molecular weight is 226 g/mol. The van der Waals surface area contributed by atoms with Crippen LogP contribution in [0.25, 0.3) is 0 Å². The first-order chi connectivity index (χ1) is 7.56. The third kappa shape index (κ3) is 2.82. The Morgan fingerprint density at radius 2 is 2.31 bits per heavy atom. The first-order valence-corrected chi connectivity index (χ1v) is 4.83. The molecule has 1 heterocycles. The lowest BCUT2D eigenvalue weighted by Gasteiger charge is -2.09. The van der Waals surface area contributed by atoms with Crippen LogP contribution in [0.2, 0.25) is 0 Å². The van der Waals surface area contributed by atoms with Crippen LogP contribution in [0.5, 0.6) is 0 Å². The fourth-order valence-electron chi connectivity index (χ4n) is 1.42. The van der Waals surface area contributed by atoms with E-state index < -0.39 is 17.9 Å². The van der Waals surface area contributed by atoms with E-state index in [1.165, 1.54) is 7.11 Å². The second-order valence-electron chi connectivity index (χ2n) is 3.40. The highest BCUT2D eigenvalue weighted by atomic mass is 16.5. The molecule has 6 heteroatoms. The molecule has 0 fully saturated rings. The summed E-state index contributed by atoms with van der Waals surface area (Å²) in [7, 11) is 2.95. The van der Waals surface area contributed by atoms with Crippen molar-refractivity contribution in [3.63, 3.8) is 0 Å². The van der Waals surface area contributed by atoms with Gasteiger partial charge in [0.25, 0.3) is 0 Å². The lowest BCUT2D eigenvalue weighted by atomic mass is 10.0. The van der Waals surface area contributed by atoms with Crippen molar-refractivity contribution in [3.8, 4) is 0 Å². The Kier molecular flexibility index (Phi) is 4.04. The van der Waals surface area contributed by atoms with Crippen LogP contribution >= 0.6 is 0 Å². The number of methoxy groups -OCH3 is 1. The van der Waals surface area contributed by atoms with Gasteiger partial charge in [0, 0.05) is 18.9 Å². The molecular formula is C10H14N2O4. The lowest BCUT2D eigenvalue weighted by molar-refractivity contribution is -0.157. The smallest absolute Gasteiger partial charge is 0.320 e. The highest BCUT2D eigenvalue weighted by Crippen LogP contribution is 2.11. The number of carbonyl (C=O) groups is 2. The number of ether oxygens (including phenoxy) is 1. The number of esters is 1. The molecule has 0 saturated carbocycles. The van der Waals surface area contributed by atoms with Crippen LogP contribution in [0.1, 0.15) is 12.1 Å². The Balaban J connectivity index is 2.61. The Morgan fingerprint density at radius 3 is 2.75 bits per heavy atom. The van der Waals surface area contributed by atoms with Crippen LogP contribution in [0.15, 0.2) is 12.3 Å². The van der Waals surface area contributed by atoms with Crippen molar-refractivity contribution >= 4 is 11.9 Å². The Labute approximate surface area is 92.8 Å². The number of carboxylic acids is 1. The summed E-state index contributed by atoms with van der Waals surface area (Å²) in [5, 5.41) is 12.8. The minimum absolute atomic E-state index is 0.210. The largest absolute Gasteiger partial charge is 0.481 e. The first-order valence-electron chi connectivity index (χ1n) is 4.83. The number of carbonyl (C=O) groups excluding carboxylic acids is 1. The molecule has 0 amide bonds.